The van der Waals surface area contributed by atoms with E-state index in [1.807, 2.05) is 0 Å². The van der Waals surface area contributed by atoms with Gasteiger partial charge in [0.2, 0.25) is 0 Å². The number of amides is 1. The summed E-state index contributed by atoms with van der Waals surface area (Å²) >= 11 is 6.35. The summed E-state index contributed by atoms with van der Waals surface area (Å²) in [5.41, 5.74) is 0.335. The number of ketones is 2. The molecule has 1 fully saturated rings. The third-order valence-electron chi connectivity index (χ3n) is 5.89. The summed E-state index contributed by atoms with van der Waals surface area (Å²) in [6, 6.07) is 8.52. The summed E-state index contributed by atoms with van der Waals surface area (Å²) in [6.07, 6.45) is 0.337. The molecule has 4 rings (SSSR count). The summed E-state index contributed by atoms with van der Waals surface area (Å²) in [5.74, 6) is -2.40. The van der Waals surface area contributed by atoms with Gasteiger partial charge in [0.25, 0.3) is 5.91 Å². The van der Waals surface area contributed by atoms with E-state index in [-0.39, 0.29) is 56.7 Å². The maximum absolute atomic E-state index is 12.9. The van der Waals surface area contributed by atoms with Crippen LogP contribution in [0.2, 0.25) is 5.02 Å². The molecule has 1 aliphatic carbocycles. The van der Waals surface area contributed by atoms with Crippen molar-refractivity contribution < 1.29 is 32.3 Å². The molecule has 1 unspecified atom stereocenters. The number of esters is 1. The zero-order valence-corrected chi connectivity index (χ0v) is 19.2. The lowest BCUT2D eigenvalue weighted by molar-refractivity contribution is -0.136. The van der Waals surface area contributed by atoms with E-state index < -0.39 is 40.1 Å². The van der Waals surface area contributed by atoms with Crippen LogP contribution in [0.3, 0.4) is 0 Å². The summed E-state index contributed by atoms with van der Waals surface area (Å²) in [4.78, 5) is 52.3. The van der Waals surface area contributed by atoms with E-state index in [4.69, 9.17) is 16.3 Å². The van der Waals surface area contributed by atoms with Gasteiger partial charge in [-0.05, 0) is 25.5 Å². The van der Waals surface area contributed by atoms with E-state index in [0.717, 1.165) is 0 Å². The minimum atomic E-state index is -3.18. The van der Waals surface area contributed by atoms with Crippen molar-refractivity contribution in [3.05, 3.63) is 69.2 Å². The van der Waals surface area contributed by atoms with Crippen molar-refractivity contribution >= 4 is 44.9 Å². The molecular weight excluding hydrogens is 470 g/mol. The molecule has 0 spiro atoms. The Kier molecular flexibility index (Phi) is 6.11. The topological polar surface area (TPSA) is 115 Å². The quantitative estimate of drug-likeness (QED) is 0.505. The van der Waals surface area contributed by atoms with Gasteiger partial charge in [-0.2, -0.15) is 0 Å². The monoisotopic (exact) mass is 489 g/mol. The minimum absolute atomic E-state index is 0.0157. The van der Waals surface area contributed by atoms with E-state index in [1.165, 1.54) is 23.1 Å². The lowest BCUT2D eigenvalue weighted by Gasteiger charge is -2.26. The summed E-state index contributed by atoms with van der Waals surface area (Å²) in [7, 11) is -3.18. The van der Waals surface area contributed by atoms with Crippen molar-refractivity contribution in [1.82, 2.24) is 4.90 Å². The molecule has 1 heterocycles. The normalized spacial score (nSPS) is 18.4. The van der Waals surface area contributed by atoms with Gasteiger partial charge in [0.1, 0.15) is 0 Å². The molecule has 1 atom stereocenters. The largest absolute Gasteiger partial charge is 0.452 e. The Bertz CT molecular complexity index is 1300. The van der Waals surface area contributed by atoms with E-state index >= 15 is 0 Å². The molecule has 0 aromatic heterocycles. The van der Waals surface area contributed by atoms with Crippen LogP contribution in [-0.4, -0.2) is 67.5 Å². The van der Waals surface area contributed by atoms with Crippen LogP contribution in [0.1, 0.15) is 55.5 Å². The van der Waals surface area contributed by atoms with Crippen LogP contribution in [0.25, 0.3) is 0 Å². The molecule has 1 saturated heterocycles. The lowest BCUT2D eigenvalue weighted by Crippen LogP contribution is -2.43. The first kappa shape index (κ1) is 23.1. The number of sulfone groups is 1. The fraction of sp³-hybridized carbons (Fsp3) is 0.304. The van der Waals surface area contributed by atoms with Gasteiger partial charge in [-0.3, -0.25) is 14.4 Å². The van der Waals surface area contributed by atoms with Gasteiger partial charge in [-0.15, -0.1) is 0 Å². The zero-order valence-electron chi connectivity index (χ0n) is 17.7. The summed E-state index contributed by atoms with van der Waals surface area (Å²) in [6.45, 7) is 1.38. The van der Waals surface area contributed by atoms with Gasteiger partial charge >= 0.3 is 5.97 Å². The second kappa shape index (κ2) is 8.72. The first-order chi connectivity index (χ1) is 15.6. The number of benzene rings is 2. The van der Waals surface area contributed by atoms with E-state index in [9.17, 15) is 27.6 Å². The number of hydrogen-bond acceptors (Lipinski definition) is 7. The van der Waals surface area contributed by atoms with Crippen molar-refractivity contribution in [3.63, 3.8) is 0 Å². The predicted molar refractivity (Wildman–Crippen MR) is 119 cm³/mol. The molecule has 0 saturated carbocycles. The molecule has 0 bridgehead atoms. The number of halogens is 1. The molecule has 172 valence electrons. The maximum Gasteiger partial charge on any atom is 0.340 e. The average Bonchev–Trinajstić information content (AvgIpc) is 3.15. The first-order valence-corrected chi connectivity index (χ1v) is 12.5. The number of likely N-dealkylation sites (N-methyl/N-ethyl adjacent to an activating group) is 1. The first-order valence-electron chi connectivity index (χ1n) is 10.3. The molecule has 2 aromatic rings. The van der Waals surface area contributed by atoms with Crippen LogP contribution in [0, 0.1) is 0 Å². The molecular formula is C23H20ClNO7S. The number of hydrogen-bond donors (Lipinski definition) is 0. The fourth-order valence-electron chi connectivity index (χ4n) is 4.25. The second-order valence-electron chi connectivity index (χ2n) is 7.87. The summed E-state index contributed by atoms with van der Waals surface area (Å²) in [5, 5.41) is -0.216. The third kappa shape index (κ3) is 4.18. The number of fused-ring (bicyclic) bond motifs is 2. The standard InChI is InChI=1S/C23H20ClNO7S/c1-2-25(13-9-10-33(30,31)12-13)18(26)11-32-23(29)17-8-7-16-19(20(17)24)22(28)15-6-4-3-5-14(15)21(16)27/h3-8,13H,2,9-12H2,1H3. The Morgan fingerprint density at radius 3 is 2.33 bits per heavy atom. The fourth-order valence-corrected chi connectivity index (χ4v) is 6.31. The van der Waals surface area contributed by atoms with Crippen molar-refractivity contribution in [1.29, 1.82) is 0 Å². The second-order valence-corrected chi connectivity index (χ2v) is 10.5. The van der Waals surface area contributed by atoms with Crippen molar-refractivity contribution in [2.75, 3.05) is 24.7 Å². The van der Waals surface area contributed by atoms with Crippen LogP contribution in [0.4, 0.5) is 0 Å². The SMILES string of the molecule is CCN(C(=O)COC(=O)c1ccc2c(c1Cl)C(=O)c1ccccc1C2=O)C1CCS(=O)(=O)C1. The van der Waals surface area contributed by atoms with Crippen molar-refractivity contribution in [2.24, 2.45) is 0 Å². The molecule has 8 nitrogen and oxygen atoms in total. The molecule has 1 amide bonds. The van der Waals surface area contributed by atoms with E-state index in [1.54, 1.807) is 25.1 Å². The average molecular weight is 490 g/mol. The van der Waals surface area contributed by atoms with Crippen molar-refractivity contribution in [2.45, 2.75) is 19.4 Å². The number of ether oxygens (including phenoxy) is 1. The zero-order chi connectivity index (χ0) is 23.9. The third-order valence-corrected chi connectivity index (χ3v) is 8.03. The van der Waals surface area contributed by atoms with Crippen LogP contribution >= 0.6 is 11.6 Å². The van der Waals surface area contributed by atoms with Gasteiger partial charge in [0.05, 0.1) is 27.7 Å². The molecule has 10 heteroatoms. The molecule has 2 aromatic carbocycles. The smallest absolute Gasteiger partial charge is 0.340 e. The van der Waals surface area contributed by atoms with Crippen LogP contribution in [0.15, 0.2) is 36.4 Å². The van der Waals surface area contributed by atoms with Gasteiger partial charge in [0.15, 0.2) is 28.0 Å². The number of nitrogens with zero attached hydrogens (tertiary/aromatic N) is 1. The van der Waals surface area contributed by atoms with Gasteiger partial charge in [-0.25, -0.2) is 13.2 Å². The highest BCUT2D eigenvalue weighted by Gasteiger charge is 2.35. The van der Waals surface area contributed by atoms with Crippen molar-refractivity contribution in [3.8, 4) is 0 Å². The maximum atomic E-state index is 12.9. The predicted octanol–water partition coefficient (Wildman–Crippen LogP) is 2.31. The molecule has 2 aliphatic rings. The van der Waals surface area contributed by atoms with Gasteiger partial charge < -0.3 is 9.64 Å². The molecule has 33 heavy (non-hydrogen) atoms. The van der Waals surface area contributed by atoms with Gasteiger partial charge in [-0.1, -0.05) is 35.9 Å². The minimum Gasteiger partial charge on any atom is -0.452 e. The molecule has 0 N–H and O–H groups in total. The highest BCUT2D eigenvalue weighted by atomic mass is 35.5. The number of carbonyl (C=O) groups excluding carboxylic acids is 4. The van der Waals surface area contributed by atoms with E-state index in [2.05, 4.69) is 0 Å². The highest BCUT2D eigenvalue weighted by molar-refractivity contribution is 7.91. The van der Waals surface area contributed by atoms with Crippen LogP contribution < -0.4 is 0 Å². The van der Waals surface area contributed by atoms with Crippen LogP contribution in [-0.2, 0) is 19.4 Å². The highest BCUT2D eigenvalue weighted by Crippen LogP contribution is 2.34. The Morgan fingerprint density at radius 2 is 1.73 bits per heavy atom. The Morgan fingerprint density at radius 1 is 1.06 bits per heavy atom. The Labute approximate surface area is 195 Å². The van der Waals surface area contributed by atoms with E-state index in [0.29, 0.717) is 6.42 Å². The van der Waals surface area contributed by atoms with Crippen LogP contribution in [0.5, 0.6) is 0 Å². The summed E-state index contributed by atoms with van der Waals surface area (Å²) < 4.78 is 28.6. The lowest BCUT2D eigenvalue weighted by atomic mass is 9.83. The van der Waals surface area contributed by atoms with Gasteiger partial charge in [0, 0.05) is 29.3 Å². The Balaban J connectivity index is 1.52. The number of rotatable bonds is 5. The Hall–Kier alpha value is -3.04. The molecule has 0 radical (unpaired) electrons. The molecule has 1 aliphatic heterocycles. The number of carbonyl (C=O) groups is 4.